The Hall–Kier alpha value is -1.51. The molecule has 3 rings (SSSR count). The van der Waals surface area contributed by atoms with Crippen LogP contribution >= 0.6 is 0 Å². The molecule has 5 atom stereocenters. The largest absolute Gasteiger partial charge is 0.497 e. The third-order valence-corrected chi connectivity index (χ3v) is 5.12. The lowest BCUT2D eigenvalue weighted by Crippen LogP contribution is -2.39. The number of benzene rings is 1. The Kier molecular flexibility index (Phi) is 3.45. The maximum absolute atomic E-state index is 12.3. The number of hydrogen-bond acceptors (Lipinski definition) is 3. The average Bonchev–Trinajstić information content (AvgIpc) is 2.86. The minimum atomic E-state index is -0.135. The summed E-state index contributed by atoms with van der Waals surface area (Å²) in [7, 11) is 1.66. The summed E-state index contributed by atoms with van der Waals surface area (Å²) >= 11 is 0. The number of carbonyl (C=O) groups is 1. The van der Waals surface area contributed by atoms with Crippen molar-refractivity contribution in [1.29, 1.82) is 0 Å². The number of fused-ring (bicyclic) bond motifs is 1. The van der Waals surface area contributed by atoms with Crippen molar-refractivity contribution in [3.63, 3.8) is 0 Å². The molecule has 0 aromatic heterocycles. The zero-order valence-corrected chi connectivity index (χ0v) is 12.3. The van der Waals surface area contributed by atoms with Gasteiger partial charge in [-0.3, -0.25) is 4.79 Å². The van der Waals surface area contributed by atoms with Gasteiger partial charge in [0, 0.05) is 5.92 Å². The van der Waals surface area contributed by atoms with Gasteiger partial charge in [-0.25, -0.2) is 0 Å². The van der Waals surface area contributed by atoms with Crippen molar-refractivity contribution >= 4 is 5.97 Å². The number of ether oxygens (including phenoxy) is 2. The van der Waals surface area contributed by atoms with E-state index in [-0.39, 0.29) is 18.0 Å². The van der Waals surface area contributed by atoms with E-state index in [4.69, 9.17) is 9.47 Å². The fourth-order valence-corrected chi connectivity index (χ4v) is 3.96. The van der Waals surface area contributed by atoms with Crippen molar-refractivity contribution < 1.29 is 14.3 Å². The Bertz CT molecular complexity index is 511. The van der Waals surface area contributed by atoms with Gasteiger partial charge in [0.25, 0.3) is 0 Å². The lowest BCUT2D eigenvalue weighted by atomic mass is 9.76. The summed E-state index contributed by atoms with van der Waals surface area (Å²) in [6, 6.07) is 7.88. The van der Waals surface area contributed by atoms with Gasteiger partial charge in [-0.2, -0.15) is 0 Å². The maximum atomic E-state index is 12.3. The summed E-state index contributed by atoms with van der Waals surface area (Å²) in [5.74, 6) is 2.20. The van der Waals surface area contributed by atoms with Crippen LogP contribution in [-0.4, -0.2) is 13.1 Å². The fraction of sp³-hybridized carbons (Fsp3) is 0.588. The third kappa shape index (κ3) is 2.09. The molecule has 1 aliphatic heterocycles. The van der Waals surface area contributed by atoms with E-state index in [0.29, 0.717) is 17.8 Å². The molecular formula is C17H22O3. The van der Waals surface area contributed by atoms with Crippen molar-refractivity contribution in [1.82, 2.24) is 0 Å². The zero-order chi connectivity index (χ0) is 14.3. The second kappa shape index (κ2) is 5.12. The lowest BCUT2D eigenvalue weighted by molar-refractivity contribution is -0.172. The Labute approximate surface area is 120 Å². The van der Waals surface area contributed by atoms with Gasteiger partial charge in [0.2, 0.25) is 0 Å². The van der Waals surface area contributed by atoms with Crippen LogP contribution in [0.1, 0.15) is 38.4 Å². The van der Waals surface area contributed by atoms with Crippen LogP contribution in [0.2, 0.25) is 0 Å². The van der Waals surface area contributed by atoms with E-state index >= 15 is 0 Å². The minimum Gasteiger partial charge on any atom is -0.497 e. The number of cyclic esters (lactones) is 1. The molecule has 2 fully saturated rings. The predicted octanol–water partition coefficient (Wildman–Crippen LogP) is 3.59. The van der Waals surface area contributed by atoms with Gasteiger partial charge in [0.15, 0.2) is 0 Å². The first-order chi connectivity index (χ1) is 9.61. The molecule has 5 unspecified atom stereocenters. The van der Waals surface area contributed by atoms with Crippen molar-refractivity contribution in [3.8, 4) is 5.75 Å². The minimum absolute atomic E-state index is 0.00841. The van der Waals surface area contributed by atoms with Gasteiger partial charge in [0.05, 0.1) is 13.0 Å². The van der Waals surface area contributed by atoms with Crippen LogP contribution in [0.5, 0.6) is 5.75 Å². The van der Waals surface area contributed by atoms with Gasteiger partial charge in [-0.1, -0.05) is 26.0 Å². The van der Waals surface area contributed by atoms with Crippen molar-refractivity contribution in [2.75, 3.05) is 7.11 Å². The molecule has 20 heavy (non-hydrogen) atoms. The SMILES string of the molecule is COc1cccc(C2OC(=O)C3C(C)CCC3C2C)c1. The molecule has 1 aromatic carbocycles. The fourth-order valence-electron chi connectivity index (χ4n) is 3.96. The lowest BCUT2D eigenvalue weighted by Gasteiger charge is -2.38. The van der Waals surface area contributed by atoms with Crippen LogP contribution in [0.15, 0.2) is 24.3 Å². The Morgan fingerprint density at radius 3 is 2.80 bits per heavy atom. The van der Waals surface area contributed by atoms with Crippen molar-refractivity contribution in [3.05, 3.63) is 29.8 Å². The molecule has 1 aliphatic carbocycles. The van der Waals surface area contributed by atoms with Gasteiger partial charge >= 0.3 is 5.97 Å². The molecule has 3 heteroatoms. The number of esters is 1. The molecule has 0 bridgehead atoms. The number of carbonyl (C=O) groups excluding carboxylic acids is 1. The zero-order valence-electron chi connectivity index (χ0n) is 12.3. The molecule has 0 amide bonds. The summed E-state index contributed by atoms with van der Waals surface area (Å²) in [4.78, 5) is 12.3. The normalized spacial score (nSPS) is 36.4. The monoisotopic (exact) mass is 274 g/mol. The van der Waals surface area contributed by atoms with Crippen molar-refractivity contribution in [2.24, 2.45) is 23.7 Å². The third-order valence-electron chi connectivity index (χ3n) is 5.12. The molecule has 1 aromatic rings. The number of hydrogen-bond donors (Lipinski definition) is 0. The molecule has 2 aliphatic rings. The highest BCUT2D eigenvalue weighted by atomic mass is 16.5. The van der Waals surface area contributed by atoms with Crippen LogP contribution in [0.25, 0.3) is 0 Å². The van der Waals surface area contributed by atoms with Crippen LogP contribution in [0.4, 0.5) is 0 Å². The predicted molar refractivity (Wildman–Crippen MR) is 76.4 cm³/mol. The van der Waals surface area contributed by atoms with E-state index < -0.39 is 0 Å². The van der Waals surface area contributed by atoms with E-state index in [9.17, 15) is 4.79 Å². The second-order valence-electron chi connectivity index (χ2n) is 6.24. The highest BCUT2D eigenvalue weighted by Crippen LogP contribution is 2.50. The standard InChI is InChI=1S/C17H22O3/c1-10-7-8-14-11(2)16(20-17(18)15(10)14)12-5-4-6-13(9-12)19-3/h4-6,9-11,14-16H,7-8H2,1-3H3. The van der Waals surface area contributed by atoms with Crippen LogP contribution in [0, 0.1) is 23.7 Å². The highest BCUT2D eigenvalue weighted by molar-refractivity contribution is 5.75. The molecule has 1 saturated carbocycles. The first kappa shape index (κ1) is 13.5. The van der Waals surface area contributed by atoms with Gasteiger partial charge in [-0.15, -0.1) is 0 Å². The van der Waals surface area contributed by atoms with E-state index in [1.807, 2.05) is 24.3 Å². The molecule has 3 nitrogen and oxygen atoms in total. The van der Waals surface area contributed by atoms with Crippen LogP contribution in [0.3, 0.4) is 0 Å². The first-order valence-corrected chi connectivity index (χ1v) is 7.46. The molecule has 0 N–H and O–H groups in total. The summed E-state index contributed by atoms with van der Waals surface area (Å²) in [6.07, 6.45) is 2.14. The van der Waals surface area contributed by atoms with E-state index in [1.165, 1.54) is 0 Å². The summed E-state index contributed by atoms with van der Waals surface area (Å²) in [5, 5.41) is 0. The van der Waals surface area contributed by atoms with Gasteiger partial charge in [-0.05, 0) is 42.4 Å². The van der Waals surface area contributed by atoms with Gasteiger partial charge < -0.3 is 9.47 Å². The summed E-state index contributed by atoms with van der Waals surface area (Å²) in [6.45, 7) is 4.39. The van der Waals surface area contributed by atoms with Crippen LogP contribution < -0.4 is 4.74 Å². The summed E-state index contributed by atoms with van der Waals surface area (Å²) < 4.78 is 11.0. The molecule has 0 spiro atoms. The number of rotatable bonds is 2. The van der Waals surface area contributed by atoms with Gasteiger partial charge in [0.1, 0.15) is 11.9 Å². The first-order valence-electron chi connectivity index (χ1n) is 7.46. The quantitative estimate of drug-likeness (QED) is 0.773. The molecule has 1 saturated heterocycles. The molecule has 0 radical (unpaired) electrons. The highest BCUT2D eigenvalue weighted by Gasteiger charge is 2.49. The Morgan fingerprint density at radius 2 is 2.05 bits per heavy atom. The van der Waals surface area contributed by atoms with E-state index in [2.05, 4.69) is 13.8 Å². The van der Waals surface area contributed by atoms with E-state index in [0.717, 1.165) is 24.2 Å². The Morgan fingerprint density at radius 1 is 1.25 bits per heavy atom. The smallest absolute Gasteiger partial charge is 0.310 e. The topological polar surface area (TPSA) is 35.5 Å². The average molecular weight is 274 g/mol. The number of methoxy groups -OCH3 is 1. The van der Waals surface area contributed by atoms with Crippen molar-refractivity contribution in [2.45, 2.75) is 32.8 Å². The maximum Gasteiger partial charge on any atom is 0.310 e. The van der Waals surface area contributed by atoms with Crippen LogP contribution in [-0.2, 0) is 9.53 Å². The van der Waals surface area contributed by atoms with E-state index in [1.54, 1.807) is 7.11 Å². The molecule has 1 heterocycles. The molecule has 108 valence electrons. The molecular weight excluding hydrogens is 252 g/mol. The second-order valence-corrected chi connectivity index (χ2v) is 6.24. The Balaban J connectivity index is 1.89. The summed E-state index contributed by atoms with van der Waals surface area (Å²) in [5.41, 5.74) is 1.04.